The first-order valence-electron chi connectivity index (χ1n) is 49.1. The summed E-state index contributed by atoms with van der Waals surface area (Å²) in [6, 6.07) is 69.7. The number of amides is 5. The Morgan fingerprint density at radius 1 is 0.303 bits per heavy atom. The minimum Gasteiger partial charge on any atom is -0.356 e. The van der Waals surface area contributed by atoms with Crippen molar-refractivity contribution in [1.82, 2.24) is 70.7 Å². The molecule has 9 N–H and O–H groups in total. The minimum atomic E-state index is -0.177. The van der Waals surface area contributed by atoms with Crippen molar-refractivity contribution in [2.75, 3.05) is 117 Å². The van der Waals surface area contributed by atoms with Gasteiger partial charge in [-0.25, -0.2) is 29.9 Å². The second-order valence-corrected chi connectivity index (χ2v) is 36.1. The maximum Gasteiger partial charge on any atom is 0.259 e. The van der Waals surface area contributed by atoms with Crippen molar-refractivity contribution >= 4 is 121 Å². The van der Waals surface area contributed by atoms with Crippen LogP contribution in [0.25, 0.3) is 67.0 Å². The smallest absolute Gasteiger partial charge is 0.259 e. The normalized spacial score (nSPS) is 14.5. The summed E-state index contributed by atoms with van der Waals surface area (Å²) < 4.78 is 0. The molecule has 0 radical (unpaired) electrons. The summed E-state index contributed by atoms with van der Waals surface area (Å²) in [6.07, 6.45) is 30.0. The molecule has 142 heavy (non-hydrogen) atoms. The third kappa shape index (κ3) is 23.1. The van der Waals surface area contributed by atoms with Crippen molar-refractivity contribution < 1.29 is 24.0 Å². The monoisotopic (exact) mass is 1890 g/mol. The van der Waals surface area contributed by atoms with Gasteiger partial charge in [0.2, 0.25) is 0 Å². The molecule has 0 atom stereocenters. The molecule has 720 valence electrons. The van der Waals surface area contributed by atoms with Crippen molar-refractivity contribution in [3.05, 3.63) is 311 Å². The predicted molar refractivity (Wildman–Crippen MR) is 565 cm³/mol. The van der Waals surface area contributed by atoms with E-state index in [1.165, 1.54) is 38.4 Å². The van der Waals surface area contributed by atoms with Gasteiger partial charge in [-0.05, 0) is 238 Å². The van der Waals surface area contributed by atoms with E-state index in [1.54, 1.807) is 37.2 Å². The molecule has 6 aliphatic heterocycles. The van der Waals surface area contributed by atoms with E-state index in [0.717, 1.165) is 276 Å². The number of carbonyl (C=O) groups is 5. The van der Waals surface area contributed by atoms with Gasteiger partial charge < -0.3 is 51.1 Å². The van der Waals surface area contributed by atoms with E-state index in [-0.39, 0.29) is 29.5 Å². The molecule has 9 aromatic heterocycles. The number of hydrogen-bond acceptors (Lipinski definition) is 22. The number of benzene rings is 7. The number of hydrogen-bond donors (Lipinski definition) is 9. The van der Waals surface area contributed by atoms with Crippen molar-refractivity contribution in [3.63, 3.8) is 0 Å². The maximum atomic E-state index is 13.5. The quantitative estimate of drug-likeness (QED) is 0.0342. The van der Waals surface area contributed by atoms with E-state index < -0.39 is 0 Å². The summed E-state index contributed by atoms with van der Waals surface area (Å²) in [5.41, 5.74) is 20.4. The molecule has 22 rings (SSSR count). The van der Waals surface area contributed by atoms with Crippen LogP contribution < -0.4 is 51.1 Å². The number of aromatic nitrogens is 14. The first-order chi connectivity index (χ1) is 69.7. The van der Waals surface area contributed by atoms with Crippen LogP contribution in [-0.4, -0.2) is 178 Å². The van der Waals surface area contributed by atoms with Gasteiger partial charge in [0, 0.05) is 153 Å². The number of aryl methyl sites for hydroxylation is 4. The van der Waals surface area contributed by atoms with E-state index >= 15 is 0 Å². The maximum absolute atomic E-state index is 13.5. The van der Waals surface area contributed by atoms with E-state index in [1.807, 2.05) is 246 Å². The number of para-hydroxylation sites is 6. The Hall–Kier alpha value is -16.7. The number of nitrogens with zero attached hydrogens (tertiary/aromatic N) is 17. The van der Waals surface area contributed by atoms with Crippen molar-refractivity contribution in [3.8, 4) is 45.2 Å². The zero-order valence-electron chi connectivity index (χ0n) is 80.4. The summed E-state index contributed by atoms with van der Waals surface area (Å²) in [7, 11) is 0. The molecule has 15 heterocycles. The molecule has 0 aliphatic carbocycles. The summed E-state index contributed by atoms with van der Waals surface area (Å²) in [5.74, 6) is 3.74. The number of pyridine rings is 5. The fraction of sp³-hybridized carbons (Fsp3) is 0.270. The summed E-state index contributed by atoms with van der Waals surface area (Å²) >= 11 is 0. The van der Waals surface area contributed by atoms with Gasteiger partial charge in [0.25, 0.3) is 29.5 Å². The summed E-state index contributed by atoms with van der Waals surface area (Å²) in [5, 5.41) is 53.2. The van der Waals surface area contributed by atoms with Gasteiger partial charge in [-0.15, -0.1) is 0 Å². The second-order valence-electron chi connectivity index (χ2n) is 36.1. The summed E-state index contributed by atoms with van der Waals surface area (Å²) in [4.78, 5) is 105. The molecule has 16 aromatic rings. The van der Waals surface area contributed by atoms with E-state index in [0.29, 0.717) is 45.7 Å². The van der Waals surface area contributed by atoms with Gasteiger partial charge in [-0.2, -0.15) is 30.6 Å². The molecule has 0 bridgehead atoms. The SMILES string of the molecule is Cc1cc(C(=O)Nc2ccccc2-c2ccn[nH]2)c(N2CCCCC2)nc1C.Cc1ccc(NC(=O)c2cc3ccccc3nc2N2CCCCC2)c(-c2ncn[nH]2)c1.Cc1ccnc(N2CCCCC2)c1C(=O)Nc1ccccc1-c1ccn[nH]1.O=C(Nc1ccccc1-c1ccn[nH]1)c1cc2ccccc2nc1N1CCCCC1.O=C(Nc1ccccc1C1=NN=CC1)c1cccnc1N1CCCCC1. The van der Waals surface area contributed by atoms with Gasteiger partial charge in [0.15, 0.2) is 5.82 Å². The average Bonchev–Trinajstić information content (AvgIpc) is 1.21. The molecular formula is C111H116N26O5. The summed E-state index contributed by atoms with van der Waals surface area (Å²) in [6.45, 7) is 17.3. The Balaban J connectivity index is 0.000000117. The number of anilines is 10. The molecule has 5 fully saturated rings. The zero-order valence-corrected chi connectivity index (χ0v) is 80.4. The molecule has 5 amide bonds. The molecule has 6 aliphatic rings. The van der Waals surface area contributed by atoms with Crippen LogP contribution in [0.4, 0.5) is 57.5 Å². The Bertz CT molecular complexity index is 7140. The number of fused-ring (bicyclic) bond motifs is 2. The van der Waals surface area contributed by atoms with Gasteiger partial charge in [-0.3, -0.25) is 44.4 Å². The Kier molecular flexibility index (Phi) is 31.1. The van der Waals surface area contributed by atoms with Gasteiger partial charge in [0.1, 0.15) is 35.4 Å². The van der Waals surface area contributed by atoms with Crippen molar-refractivity contribution in [1.29, 1.82) is 0 Å². The molecule has 5 saturated heterocycles. The number of rotatable bonds is 20. The van der Waals surface area contributed by atoms with Gasteiger partial charge >= 0.3 is 0 Å². The van der Waals surface area contributed by atoms with Gasteiger partial charge in [-0.1, -0.05) is 121 Å². The van der Waals surface area contributed by atoms with Crippen LogP contribution in [-0.2, 0) is 0 Å². The first-order valence-corrected chi connectivity index (χ1v) is 49.1. The highest BCUT2D eigenvalue weighted by Gasteiger charge is 2.30. The van der Waals surface area contributed by atoms with Crippen LogP contribution in [0.15, 0.2) is 266 Å². The number of nitrogens with one attached hydrogen (secondary N) is 9. The van der Waals surface area contributed by atoms with Crippen LogP contribution in [0.1, 0.15) is 182 Å². The molecule has 0 saturated carbocycles. The predicted octanol–water partition coefficient (Wildman–Crippen LogP) is 21.3. The fourth-order valence-electron chi connectivity index (χ4n) is 18.8. The lowest BCUT2D eigenvalue weighted by Gasteiger charge is -2.29. The third-order valence-electron chi connectivity index (χ3n) is 26.3. The Labute approximate surface area is 824 Å². The first kappa shape index (κ1) is 95.6. The van der Waals surface area contributed by atoms with E-state index in [9.17, 15) is 24.0 Å². The van der Waals surface area contributed by atoms with Crippen LogP contribution in [0.2, 0.25) is 0 Å². The van der Waals surface area contributed by atoms with Crippen LogP contribution in [0.3, 0.4) is 0 Å². The zero-order chi connectivity index (χ0) is 97.5. The molecular weight excluding hydrogens is 1780 g/mol. The molecule has 31 nitrogen and oxygen atoms in total. The number of aromatic amines is 4. The number of piperidine rings is 5. The Morgan fingerprint density at radius 3 is 1.14 bits per heavy atom. The molecule has 7 aromatic carbocycles. The van der Waals surface area contributed by atoms with Crippen LogP contribution >= 0.6 is 0 Å². The number of H-pyrrole nitrogens is 4. The second kappa shape index (κ2) is 46.2. The lowest BCUT2D eigenvalue weighted by atomic mass is 10.1. The van der Waals surface area contributed by atoms with Crippen LogP contribution in [0.5, 0.6) is 0 Å². The van der Waals surface area contributed by atoms with E-state index in [4.69, 9.17) is 15.0 Å². The Morgan fingerprint density at radius 2 is 0.697 bits per heavy atom. The van der Waals surface area contributed by atoms with Crippen LogP contribution in [0, 0.1) is 27.7 Å². The lowest BCUT2D eigenvalue weighted by Crippen LogP contribution is -2.32. The average molecular weight is 1890 g/mol. The largest absolute Gasteiger partial charge is 0.356 e. The van der Waals surface area contributed by atoms with E-state index in [2.05, 4.69) is 117 Å². The third-order valence-corrected chi connectivity index (χ3v) is 26.3. The van der Waals surface area contributed by atoms with Crippen molar-refractivity contribution in [2.24, 2.45) is 10.2 Å². The highest BCUT2D eigenvalue weighted by Crippen LogP contribution is 2.38. The molecule has 0 spiro atoms. The minimum absolute atomic E-state index is 0.131. The molecule has 31 heteroatoms. The van der Waals surface area contributed by atoms with Gasteiger partial charge in [0.05, 0.1) is 90.1 Å². The highest BCUT2D eigenvalue weighted by molar-refractivity contribution is 6.17. The fourth-order valence-corrected chi connectivity index (χ4v) is 18.8. The molecule has 0 unspecified atom stereocenters. The standard InChI is InChI=1S/C24H24N6O.C24H23N5O.C22H25N5O.C21H23N5O.C20H21N5O/c1-16-9-10-21(18(13-16)22-25-15-26-29-22)28-24(31)19-14-17-7-3-4-8-20(17)27-23(19)30-11-5-2-6-12-30;30-24(27-21-11-5-3-9-18(21)22-12-13-25-28-22)19-16-17-8-2-4-10-20(17)26-23(19)29-14-6-1-7-15-29;1-15-14-18(21(24-16(15)2)27-12-6-3-7-13-27)22(28)25-19-9-5-4-8-17(19)20-10-11-23-26-20;1-15-9-11-22-20(26-13-5-2-6-14-26)19(15)21(27)24-17-8-4-3-7-16(17)18-10-12-23-25-18;26-20(16-8-6-11-21-19(16)25-13-4-1-5-14-25)23-17-9-3-2-7-15(17)18-10-12-22-24-18/h3-4,7-10,13-15H,2,5-6,11-12H2,1H3,(H,28,31)(H,25,26,29);2-5,8-13,16H,1,6-7,14-15H2,(H,25,28)(H,27,30);4-5,8-11,14H,3,6-7,12-13H2,1-2H3,(H,23,26)(H,25,28);3-4,7-12H,2,5-6,13-14H2,1H3,(H,23,25)(H,24,27);2-3,6-9,11-12H,1,4-5,10,13-14H2,(H,23,26). The topological polar surface area (TPSA) is 378 Å². The lowest BCUT2D eigenvalue weighted by molar-refractivity contribution is 0.101. The highest BCUT2D eigenvalue weighted by atomic mass is 16.2. The van der Waals surface area contributed by atoms with Crippen molar-refractivity contribution in [2.45, 2.75) is 130 Å². The number of carbonyl (C=O) groups excluding carboxylic acids is 5.